The first kappa shape index (κ1) is 9.25. The minimum Gasteiger partial charge on any atom is -0.377 e. The molecule has 2 saturated carbocycles. The summed E-state index contributed by atoms with van der Waals surface area (Å²) in [7, 11) is 0. The van der Waals surface area contributed by atoms with Crippen LogP contribution in [0.1, 0.15) is 38.5 Å². The monoisotopic (exact) mass is 280 g/mol. The molecule has 0 aromatic rings. The van der Waals surface area contributed by atoms with Crippen LogP contribution in [0.4, 0.5) is 0 Å². The van der Waals surface area contributed by atoms with Crippen LogP contribution in [0.5, 0.6) is 0 Å². The summed E-state index contributed by atoms with van der Waals surface area (Å²) < 4.78 is 6.70. The van der Waals surface area contributed by atoms with Gasteiger partial charge < -0.3 is 4.74 Å². The molecular weight excluding hydrogens is 263 g/mol. The maximum atomic E-state index is 5.91. The van der Waals surface area contributed by atoms with E-state index in [1.807, 2.05) is 0 Å². The lowest BCUT2D eigenvalue weighted by Crippen LogP contribution is -2.28. The van der Waals surface area contributed by atoms with Gasteiger partial charge in [0.1, 0.15) is 0 Å². The molecule has 0 aromatic heterocycles. The fourth-order valence-electron chi connectivity index (χ4n) is 1.78. The molecule has 0 aromatic carbocycles. The third kappa shape index (κ3) is 2.59. The van der Waals surface area contributed by atoms with E-state index in [1.54, 1.807) is 0 Å². The van der Waals surface area contributed by atoms with Crippen LogP contribution in [0.2, 0.25) is 0 Å². The van der Waals surface area contributed by atoms with Crippen molar-refractivity contribution in [2.75, 3.05) is 6.61 Å². The molecule has 0 saturated heterocycles. The second-order valence-electron chi connectivity index (χ2n) is 4.12. The summed E-state index contributed by atoms with van der Waals surface area (Å²) in [5.74, 6) is 0.926. The van der Waals surface area contributed by atoms with Crippen LogP contribution in [0.25, 0.3) is 0 Å². The molecule has 2 rings (SSSR count). The van der Waals surface area contributed by atoms with Gasteiger partial charge in [0, 0.05) is 10.5 Å². The summed E-state index contributed by atoms with van der Waals surface area (Å²) in [5.41, 5.74) is 0. The van der Waals surface area contributed by atoms with Crippen LogP contribution >= 0.6 is 22.6 Å². The van der Waals surface area contributed by atoms with Crippen molar-refractivity contribution < 1.29 is 4.74 Å². The third-order valence-electron chi connectivity index (χ3n) is 2.86. The second-order valence-corrected chi connectivity index (χ2v) is 5.72. The molecule has 70 valence electrons. The Morgan fingerprint density at radius 1 is 1.08 bits per heavy atom. The molecule has 0 amide bonds. The molecule has 12 heavy (non-hydrogen) atoms. The van der Waals surface area contributed by atoms with Gasteiger partial charge in [-0.3, -0.25) is 0 Å². The van der Waals surface area contributed by atoms with Crippen molar-refractivity contribution >= 4 is 22.6 Å². The topological polar surface area (TPSA) is 9.23 Å². The van der Waals surface area contributed by atoms with Crippen LogP contribution in [-0.2, 0) is 4.74 Å². The lowest BCUT2D eigenvalue weighted by molar-refractivity contribution is 0.0299. The van der Waals surface area contributed by atoms with Crippen LogP contribution in [0.3, 0.4) is 0 Å². The molecule has 2 aliphatic rings. The van der Waals surface area contributed by atoms with E-state index >= 15 is 0 Å². The van der Waals surface area contributed by atoms with E-state index in [1.165, 1.54) is 38.5 Å². The first-order valence-corrected chi connectivity index (χ1v) is 6.36. The number of alkyl halides is 1. The summed E-state index contributed by atoms with van der Waals surface area (Å²) >= 11 is 2.56. The first-order valence-electron chi connectivity index (χ1n) is 5.12. The molecule has 2 heteroatoms. The smallest absolute Gasteiger partial charge is 0.0692 e. The fourth-order valence-corrected chi connectivity index (χ4v) is 2.79. The number of halogens is 1. The highest BCUT2D eigenvalue weighted by Gasteiger charge is 2.27. The Morgan fingerprint density at radius 3 is 2.50 bits per heavy atom. The predicted molar refractivity (Wildman–Crippen MR) is 58.7 cm³/mol. The molecule has 0 bridgehead atoms. The van der Waals surface area contributed by atoms with E-state index in [2.05, 4.69) is 22.6 Å². The van der Waals surface area contributed by atoms with Crippen LogP contribution in [0, 0.1) is 5.92 Å². The Morgan fingerprint density at radius 2 is 1.83 bits per heavy atom. The van der Waals surface area contributed by atoms with Gasteiger partial charge in [-0.2, -0.15) is 0 Å². The van der Waals surface area contributed by atoms with Gasteiger partial charge in [-0.25, -0.2) is 0 Å². The van der Waals surface area contributed by atoms with Crippen molar-refractivity contribution in [3.63, 3.8) is 0 Å². The number of ether oxygens (including phenoxy) is 1. The number of hydrogen-bond acceptors (Lipinski definition) is 1. The maximum Gasteiger partial charge on any atom is 0.0692 e. The van der Waals surface area contributed by atoms with Gasteiger partial charge >= 0.3 is 0 Å². The lowest BCUT2D eigenvalue weighted by atomic mass is 9.98. The van der Waals surface area contributed by atoms with E-state index in [9.17, 15) is 0 Å². The molecule has 2 atom stereocenters. The zero-order valence-electron chi connectivity index (χ0n) is 7.47. The zero-order chi connectivity index (χ0) is 8.39. The quantitative estimate of drug-likeness (QED) is 0.570. The molecule has 0 aliphatic heterocycles. The van der Waals surface area contributed by atoms with Gasteiger partial charge in [-0.05, 0) is 31.6 Å². The molecule has 2 aliphatic carbocycles. The summed E-state index contributed by atoms with van der Waals surface area (Å²) in [6.45, 7) is 1.05. The highest BCUT2D eigenvalue weighted by molar-refractivity contribution is 14.1. The number of rotatable bonds is 3. The standard InChI is InChI=1S/C10H17IO/c11-9-3-1-2-4-10(9)12-7-8-5-6-8/h8-10H,1-7H2/t9-,10-/m1/s1. The SMILES string of the molecule is I[C@@H]1CCCC[C@H]1OCC1CC1. The van der Waals surface area contributed by atoms with Crippen LogP contribution in [-0.4, -0.2) is 16.6 Å². The highest BCUT2D eigenvalue weighted by Crippen LogP contribution is 2.32. The van der Waals surface area contributed by atoms with E-state index in [4.69, 9.17) is 4.74 Å². The fraction of sp³-hybridized carbons (Fsp3) is 1.00. The third-order valence-corrected chi connectivity index (χ3v) is 4.29. The van der Waals surface area contributed by atoms with Gasteiger partial charge in [0.25, 0.3) is 0 Å². The minimum atomic E-state index is 0.583. The summed E-state index contributed by atoms with van der Waals surface area (Å²) in [6.07, 6.45) is 8.89. The molecule has 0 radical (unpaired) electrons. The second kappa shape index (κ2) is 4.27. The Kier molecular flexibility index (Phi) is 3.29. The summed E-state index contributed by atoms with van der Waals surface area (Å²) in [4.78, 5) is 0. The lowest BCUT2D eigenvalue weighted by Gasteiger charge is -2.27. The van der Waals surface area contributed by atoms with Crippen molar-refractivity contribution in [3.8, 4) is 0 Å². The Labute approximate surface area is 88.4 Å². The van der Waals surface area contributed by atoms with Gasteiger partial charge in [0.2, 0.25) is 0 Å². The largest absolute Gasteiger partial charge is 0.377 e. The van der Waals surface area contributed by atoms with Crippen molar-refractivity contribution in [2.24, 2.45) is 5.92 Å². The molecule has 2 fully saturated rings. The molecule has 0 spiro atoms. The van der Waals surface area contributed by atoms with Gasteiger partial charge in [-0.15, -0.1) is 0 Å². The van der Waals surface area contributed by atoms with E-state index < -0.39 is 0 Å². The van der Waals surface area contributed by atoms with E-state index in [-0.39, 0.29) is 0 Å². The Bertz CT molecular complexity index is 145. The van der Waals surface area contributed by atoms with Crippen molar-refractivity contribution in [1.82, 2.24) is 0 Å². The molecule has 0 unspecified atom stereocenters. The summed E-state index contributed by atoms with van der Waals surface area (Å²) in [5, 5.41) is 0. The molecule has 0 N–H and O–H groups in total. The van der Waals surface area contributed by atoms with Gasteiger partial charge in [-0.1, -0.05) is 35.4 Å². The molecular formula is C10H17IO. The minimum absolute atomic E-state index is 0.583. The zero-order valence-corrected chi connectivity index (χ0v) is 9.63. The predicted octanol–water partition coefficient (Wildman–Crippen LogP) is 3.16. The van der Waals surface area contributed by atoms with Crippen LogP contribution in [0.15, 0.2) is 0 Å². The first-order chi connectivity index (χ1) is 5.86. The average Bonchev–Trinajstić information content (AvgIpc) is 2.86. The molecule has 0 heterocycles. The van der Waals surface area contributed by atoms with Crippen molar-refractivity contribution in [2.45, 2.75) is 48.6 Å². The van der Waals surface area contributed by atoms with Gasteiger partial charge in [0.05, 0.1) is 6.10 Å². The average molecular weight is 280 g/mol. The Balaban J connectivity index is 1.68. The van der Waals surface area contributed by atoms with E-state index in [0.717, 1.165) is 16.4 Å². The Hall–Kier alpha value is 0.690. The van der Waals surface area contributed by atoms with Gasteiger partial charge in [0.15, 0.2) is 0 Å². The van der Waals surface area contributed by atoms with Crippen molar-refractivity contribution in [3.05, 3.63) is 0 Å². The normalized spacial score (nSPS) is 36.8. The number of hydrogen-bond donors (Lipinski definition) is 0. The van der Waals surface area contributed by atoms with E-state index in [0.29, 0.717) is 6.10 Å². The maximum absolute atomic E-state index is 5.91. The highest BCUT2D eigenvalue weighted by atomic mass is 127. The van der Waals surface area contributed by atoms with Crippen LogP contribution < -0.4 is 0 Å². The van der Waals surface area contributed by atoms with Crippen molar-refractivity contribution in [1.29, 1.82) is 0 Å². The molecule has 1 nitrogen and oxygen atoms in total. The summed E-state index contributed by atoms with van der Waals surface area (Å²) in [6, 6.07) is 0.